The summed E-state index contributed by atoms with van der Waals surface area (Å²) in [5.41, 5.74) is 8.00. The summed E-state index contributed by atoms with van der Waals surface area (Å²) < 4.78 is 0. The van der Waals surface area contributed by atoms with E-state index in [4.69, 9.17) is 0 Å². The van der Waals surface area contributed by atoms with Crippen LogP contribution in [0.25, 0.3) is 11.1 Å². The summed E-state index contributed by atoms with van der Waals surface area (Å²) in [7, 11) is 0. The molecule has 0 aliphatic heterocycles. The number of rotatable bonds is 8. The maximum Gasteiger partial charge on any atom is 0.150 e. The van der Waals surface area contributed by atoms with Crippen molar-refractivity contribution in [3.05, 3.63) is 114 Å². The first kappa shape index (κ1) is 22.1. The number of carbonyl (C=O) groups is 1. The molecule has 4 heteroatoms. The number of nitrogens with zero attached hydrogens (tertiary/aromatic N) is 1. The van der Waals surface area contributed by atoms with E-state index < -0.39 is 5.66 Å². The van der Waals surface area contributed by atoms with Crippen molar-refractivity contribution >= 4 is 23.3 Å². The first-order valence-corrected chi connectivity index (χ1v) is 11.9. The van der Waals surface area contributed by atoms with Crippen LogP contribution < -0.4 is 15.5 Å². The van der Waals surface area contributed by atoms with Crippen molar-refractivity contribution in [2.75, 3.05) is 18.0 Å². The van der Waals surface area contributed by atoms with Crippen molar-refractivity contribution in [3.8, 4) is 11.1 Å². The van der Waals surface area contributed by atoms with Crippen molar-refractivity contribution in [1.29, 1.82) is 0 Å². The van der Waals surface area contributed by atoms with E-state index >= 15 is 0 Å². The summed E-state index contributed by atoms with van der Waals surface area (Å²) in [5, 5.41) is 7.45. The zero-order valence-corrected chi connectivity index (χ0v) is 19.6. The van der Waals surface area contributed by atoms with Gasteiger partial charge in [-0.05, 0) is 72.2 Å². The lowest BCUT2D eigenvalue weighted by molar-refractivity contribution is 0.112. The van der Waals surface area contributed by atoms with Gasteiger partial charge in [0.2, 0.25) is 0 Å². The zero-order valence-electron chi connectivity index (χ0n) is 19.6. The van der Waals surface area contributed by atoms with Gasteiger partial charge in [0.25, 0.3) is 0 Å². The molecule has 170 valence electrons. The van der Waals surface area contributed by atoms with Crippen LogP contribution in [0.15, 0.2) is 97.1 Å². The van der Waals surface area contributed by atoms with Gasteiger partial charge in [-0.3, -0.25) is 15.4 Å². The van der Waals surface area contributed by atoms with Gasteiger partial charge in [-0.15, -0.1) is 0 Å². The van der Waals surface area contributed by atoms with Crippen LogP contribution >= 0.6 is 0 Å². The third kappa shape index (κ3) is 3.61. The Kier molecular flexibility index (Phi) is 6.01. The fourth-order valence-corrected chi connectivity index (χ4v) is 5.12. The number of aldehydes is 1. The van der Waals surface area contributed by atoms with Gasteiger partial charge in [-0.1, -0.05) is 68.4 Å². The summed E-state index contributed by atoms with van der Waals surface area (Å²) >= 11 is 0. The number of nitrogens with one attached hydrogen (secondary N) is 2. The van der Waals surface area contributed by atoms with E-state index in [9.17, 15) is 4.79 Å². The maximum absolute atomic E-state index is 11.6. The molecule has 34 heavy (non-hydrogen) atoms. The third-order valence-corrected chi connectivity index (χ3v) is 6.45. The van der Waals surface area contributed by atoms with E-state index in [0.29, 0.717) is 5.56 Å². The number of carbonyl (C=O) groups excluding carboxylic acids is 1. The van der Waals surface area contributed by atoms with Gasteiger partial charge in [0.1, 0.15) is 11.9 Å². The van der Waals surface area contributed by atoms with Crippen LogP contribution in [0.4, 0.5) is 17.1 Å². The monoisotopic (exact) mass is 447 g/mol. The molecule has 4 aromatic rings. The second-order valence-electron chi connectivity index (χ2n) is 8.47. The Morgan fingerprint density at radius 1 is 0.676 bits per heavy atom. The molecule has 4 aromatic carbocycles. The minimum Gasteiger partial charge on any atom is -0.310 e. The number of hydrogen-bond donors (Lipinski definition) is 2. The highest BCUT2D eigenvalue weighted by Gasteiger charge is 2.42. The van der Waals surface area contributed by atoms with Crippen LogP contribution in [-0.2, 0) is 5.66 Å². The highest BCUT2D eigenvalue weighted by molar-refractivity contribution is 5.87. The molecule has 0 unspecified atom stereocenters. The van der Waals surface area contributed by atoms with Crippen LogP contribution in [0.2, 0.25) is 0 Å². The fourth-order valence-electron chi connectivity index (χ4n) is 5.12. The van der Waals surface area contributed by atoms with Gasteiger partial charge >= 0.3 is 0 Å². The highest BCUT2D eigenvalue weighted by atomic mass is 16.1. The number of anilines is 3. The molecular formula is C30H29N3O. The molecule has 0 radical (unpaired) electrons. The topological polar surface area (TPSA) is 44.4 Å². The van der Waals surface area contributed by atoms with Gasteiger partial charge in [-0.2, -0.15) is 0 Å². The fraction of sp³-hybridized carbons (Fsp3) is 0.167. The van der Waals surface area contributed by atoms with Gasteiger partial charge in [0.05, 0.1) is 0 Å². The Labute approximate surface area is 201 Å². The van der Waals surface area contributed by atoms with E-state index in [0.717, 1.165) is 47.6 Å². The Morgan fingerprint density at radius 2 is 1.21 bits per heavy atom. The minimum atomic E-state index is -0.567. The van der Waals surface area contributed by atoms with Crippen LogP contribution in [-0.4, -0.2) is 19.4 Å². The van der Waals surface area contributed by atoms with Crippen molar-refractivity contribution in [2.45, 2.75) is 19.5 Å². The van der Waals surface area contributed by atoms with Crippen LogP contribution in [0.1, 0.15) is 35.3 Å². The predicted molar refractivity (Wildman–Crippen MR) is 140 cm³/mol. The van der Waals surface area contributed by atoms with E-state index in [1.807, 2.05) is 24.3 Å². The molecule has 0 bridgehead atoms. The molecule has 0 fully saturated rings. The lowest BCUT2D eigenvalue weighted by Gasteiger charge is -2.35. The molecule has 0 spiro atoms. The molecule has 4 nitrogen and oxygen atoms in total. The van der Waals surface area contributed by atoms with Crippen molar-refractivity contribution in [2.24, 2.45) is 0 Å². The van der Waals surface area contributed by atoms with Gasteiger partial charge in [0.15, 0.2) is 0 Å². The molecule has 0 atom stereocenters. The SMILES string of the molecule is CCNC1(NCC)c2cc(C=O)ccc2-c2ccc(N(c3ccccc3)c3ccccc3)cc21. The van der Waals surface area contributed by atoms with Crippen molar-refractivity contribution in [1.82, 2.24) is 10.6 Å². The van der Waals surface area contributed by atoms with Crippen molar-refractivity contribution < 1.29 is 4.79 Å². The van der Waals surface area contributed by atoms with Crippen LogP contribution in [0.3, 0.4) is 0 Å². The van der Waals surface area contributed by atoms with Crippen molar-refractivity contribution in [3.63, 3.8) is 0 Å². The average Bonchev–Trinajstić information content (AvgIpc) is 3.14. The Morgan fingerprint density at radius 3 is 1.74 bits per heavy atom. The average molecular weight is 448 g/mol. The molecule has 1 aliphatic carbocycles. The normalized spacial score (nSPS) is 13.2. The highest BCUT2D eigenvalue weighted by Crippen LogP contribution is 2.48. The van der Waals surface area contributed by atoms with E-state index in [1.165, 1.54) is 11.1 Å². The maximum atomic E-state index is 11.6. The smallest absolute Gasteiger partial charge is 0.150 e. The summed E-state index contributed by atoms with van der Waals surface area (Å²) in [5.74, 6) is 0. The van der Waals surface area contributed by atoms with Gasteiger partial charge < -0.3 is 4.90 Å². The molecule has 0 heterocycles. The predicted octanol–water partition coefficient (Wildman–Crippen LogP) is 6.37. The molecular weight excluding hydrogens is 418 g/mol. The largest absolute Gasteiger partial charge is 0.310 e. The van der Waals surface area contributed by atoms with Crippen LogP contribution in [0, 0.1) is 0 Å². The van der Waals surface area contributed by atoms with E-state index in [2.05, 4.69) is 102 Å². The summed E-state index contributed by atoms with van der Waals surface area (Å²) in [6, 6.07) is 33.5. The number of para-hydroxylation sites is 2. The molecule has 0 saturated heterocycles. The second kappa shape index (κ2) is 9.26. The number of hydrogen-bond acceptors (Lipinski definition) is 4. The standard InChI is InChI=1S/C30H29N3O/c1-3-31-30(32-4-2)28-19-22(21-34)15-17-26(28)27-18-16-25(20-29(27)30)33(23-11-7-5-8-12-23)24-13-9-6-10-14-24/h5-21,31-32H,3-4H2,1-2H3. The minimum absolute atomic E-state index is 0.567. The quantitative estimate of drug-likeness (QED) is 0.243. The number of benzene rings is 4. The second-order valence-corrected chi connectivity index (χ2v) is 8.47. The zero-order chi connectivity index (χ0) is 23.5. The molecule has 0 amide bonds. The lowest BCUT2D eigenvalue weighted by atomic mass is 9.94. The first-order valence-electron chi connectivity index (χ1n) is 11.9. The Bertz CT molecular complexity index is 1260. The summed E-state index contributed by atoms with van der Waals surface area (Å²) in [6.07, 6.45) is 0.921. The molecule has 2 N–H and O–H groups in total. The molecule has 0 aromatic heterocycles. The Hall–Kier alpha value is -3.73. The molecule has 0 saturated carbocycles. The van der Waals surface area contributed by atoms with E-state index in [1.54, 1.807) is 0 Å². The third-order valence-electron chi connectivity index (χ3n) is 6.45. The van der Waals surface area contributed by atoms with Gasteiger partial charge in [-0.25, -0.2) is 0 Å². The molecule has 5 rings (SSSR count). The van der Waals surface area contributed by atoms with Crippen LogP contribution in [0.5, 0.6) is 0 Å². The van der Waals surface area contributed by atoms with Gasteiger partial charge in [0, 0.05) is 28.2 Å². The first-order chi connectivity index (χ1) is 16.7. The van der Waals surface area contributed by atoms with E-state index in [-0.39, 0.29) is 0 Å². The Balaban J connectivity index is 1.74. The number of fused-ring (bicyclic) bond motifs is 3. The summed E-state index contributed by atoms with van der Waals surface area (Å²) in [6.45, 7) is 5.79. The lowest BCUT2D eigenvalue weighted by Crippen LogP contribution is -2.53. The molecule has 1 aliphatic rings. The summed E-state index contributed by atoms with van der Waals surface area (Å²) in [4.78, 5) is 13.9.